The van der Waals surface area contributed by atoms with Crippen LogP contribution in [-0.2, 0) is 16.2 Å². The summed E-state index contributed by atoms with van der Waals surface area (Å²) >= 11 is 0. The molecule has 1 aromatic carbocycles. The molecule has 0 spiro atoms. The van der Waals surface area contributed by atoms with Gasteiger partial charge in [-0.05, 0) is 49.7 Å². The Labute approximate surface area is 178 Å². The second kappa shape index (κ2) is 8.74. The molecule has 0 radical (unpaired) electrons. The molecule has 0 fully saturated rings. The molecule has 4 rings (SSSR count). The van der Waals surface area contributed by atoms with E-state index < -0.39 is 0 Å². The Hall–Kier alpha value is -4.08. The molecule has 0 bridgehead atoms. The summed E-state index contributed by atoms with van der Waals surface area (Å²) in [5.74, 6) is 1.83. The first-order valence-electron chi connectivity index (χ1n) is 9.60. The number of ether oxygens (including phenoxy) is 2. The molecule has 10 nitrogen and oxygen atoms in total. The van der Waals surface area contributed by atoms with Crippen LogP contribution in [0.1, 0.15) is 22.5 Å². The number of amides is 1. The van der Waals surface area contributed by atoms with Crippen LogP contribution in [0.25, 0.3) is 5.82 Å². The third kappa shape index (κ3) is 4.74. The fraction of sp³-hybridized carbons (Fsp3) is 0.238. The number of hydrogen-bond donors (Lipinski definition) is 2. The van der Waals surface area contributed by atoms with Crippen LogP contribution >= 0.6 is 0 Å². The first-order chi connectivity index (χ1) is 15.0. The Morgan fingerprint density at radius 2 is 2.06 bits per heavy atom. The SMILES string of the molecule is Cc1cc(C)n(-c2ccc(/C(N)=N/OCC(=O)NCc3ccc4c(c3)OCO4)cn2)n1. The van der Waals surface area contributed by atoms with Crippen molar-refractivity contribution in [2.24, 2.45) is 10.9 Å². The van der Waals surface area contributed by atoms with Gasteiger partial charge in [0.25, 0.3) is 5.91 Å². The van der Waals surface area contributed by atoms with Crippen LogP contribution < -0.4 is 20.5 Å². The minimum atomic E-state index is -0.327. The normalized spacial score (nSPS) is 12.6. The van der Waals surface area contributed by atoms with Crippen molar-refractivity contribution in [3.05, 3.63) is 65.1 Å². The zero-order valence-corrected chi connectivity index (χ0v) is 17.2. The molecule has 3 N–H and O–H groups in total. The number of aromatic nitrogens is 3. The highest BCUT2D eigenvalue weighted by Gasteiger charge is 2.13. The molecule has 0 saturated heterocycles. The van der Waals surface area contributed by atoms with E-state index in [1.807, 2.05) is 32.0 Å². The Bertz CT molecular complexity index is 1120. The zero-order valence-electron chi connectivity index (χ0n) is 17.2. The number of amidine groups is 1. The highest BCUT2D eigenvalue weighted by Crippen LogP contribution is 2.32. The molecule has 0 atom stereocenters. The quantitative estimate of drug-likeness (QED) is 0.336. The minimum absolute atomic E-state index is 0.121. The number of carbonyl (C=O) groups excluding carboxylic acids is 1. The average Bonchev–Trinajstić information content (AvgIpc) is 3.37. The highest BCUT2D eigenvalue weighted by molar-refractivity contribution is 5.96. The molecule has 1 aliphatic rings. The van der Waals surface area contributed by atoms with Gasteiger partial charge in [0, 0.05) is 24.0 Å². The summed E-state index contributed by atoms with van der Waals surface area (Å²) < 4.78 is 12.3. The van der Waals surface area contributed by atoms with E-state index in [1.165, 1.54) is 0 Å². The Kier molecular flexibility index (Phi) is 5.69. The first-order valence-corrected chi connectivity index (χ1v) is 9.60. The number of pyridine rings is 1. The van der Waals surface area contributed by atoms with Crippen LogP contribution in [0.3, 0.4) is 0 Å². The van der Waals surface area contributed by atoms with E-state index in [1.54, 1.807) is 29.1 Å². The lowest BCUT2D eigenvalue weighted by atomic mass is 10.2. The van der Waals surface area contributed by atoms with Crippen molar-refractivity contribution in [1.29, 1.82) is 0 Å². The van der Waals surface area contributed by atoms with Crippen LogP contribution in [0, 0.1) is 13.8 Å². The second-order valence-corrected chi connectivity index (χ2v) is 6.96. The Morgan fingerprint density at radius 1 is 1.23 bits per heavy atom. The van der Waals surface area contributed by atoms with Crippen molar-refractivity contribution in [2.45, 2.75) is 20.4 Å². The third-order valence-electron chi connectivity index (χ3n) is 4.56. The molecule has 2 aromatic heterocycles. The molecule has 1 aliphatic heterocycles. The number of aryl methyl sites for hydroxylation is 2. The number of hydrogen-bond acceptors (Lipinski definition) is 7. The number of nitrogens with one attached hydrogen (secondary N) is 1. The Balaban J connectivity index is 1.27. The molecule has 1 amide bonds. The number of fused-ring (bicyclic) bond motifs is 1. The number of carbonyl (C=O) groups is 1. The number of nitrogens with zero attached hydrogens (tertiary/aromatic N) is 4. The molecule has 0 aliphatic carbocycles. The van der Waals surface area contributed by atoms with Gasteiger partial charge in [0.1, 0.15) is 0 Å². The third-order valence-corrected chi connectivity index (χ3v) is 4.56. The summed E-state index contributed by atoms with van der Waals surface area (Å²) in [6, 6.07) is 11.0. The van der Waals surface area contributed by atoms with Gasteiger partial charge < -0.3 is 25.4 Å². The maximum atomic E-state index is 12.0. The molecule has 3 heterocycles. The predicted molar refractivity (Wildman–Crippen MR) is 112 cm³/mol. The summed E-state index contributed by atoms with van der Waals surface area (Å²) in [5.41, 5.74) is 9.28. The van der Waals surface area contributed by atoms with Crippen molar-refractivity contribution in [2.75, 3.05) is 13.4 Å². The lowest BCUT2D eigenvalue weighted by Crippen LogP contribution is -2.27. The van der Waals surface area contributed by atoms with Crippen LogP contribution in [-0.4, -0.2) is 39.9 Å². The van der Waals surface area contributed by atoms with E-state index >= 15 is 0 Å². The summed E-state index contributed by atoms with van der Waals surface area (Å²) in [6.45, 7) is 4.15. The lowest BCUT2D eigenvalue weighted by Gasteiger charge is -2.07. The maximum absolute atomic E-state index is 12.0. The fourth-order valence-electron chi connectivity index (χ4n) is 3.04. The number of nitrogens with two attached hydrogens (primary N) is 1. The number of oxime groups is 1. The first kappa shape index (κ1) is 20.2. The fourth-order valence-corrected chi connectivity index (χ4v) is 3.04. The van der Waals surface area contributed by atoms with Gasteiger partial charge in [-0.1, -0.05) is 11.2 Å². The van der Waals surface area contributed by atoms with Crippen molar-refractivity contribution in [3.8, 4) is 17.3 Å². The van der Waals surface area contributed by atoms with Gasteiger partial charge in [0.05, 0.1) is 5.69 Å². The second-order valence-electron chi connectivity index (χ2n) is 6.96. The van der Waals surface area contributed by atoms with E-state index in [0.717, 1.165) is 17.0 Å². The zero-order chi connectivity index (χ0) is 21.8. The summed E-state index contributed by atoms with van der Waals surface area (Å²) in [4.78, 5) is 21.4. The topological polar surface area (TPSA) is 126 Å². The monoisotopic (exact) mass is 422 g/mol. The van der Waals surface area contributed by atoms with E-state index in [9.17, 15) is 4.79 Å². The van der Waals surface area contributed by atoms with Gasteiger partial charge in [-0.3, -0.25) is 4.79 Å². The van der Waals surface area contributed by atoms with Crippen molar-refractivity contribution < 1.29 is 19.1 Å². The van der Waals surface area contributed by atoms with E-state index in [4.69, 9.17) is 20.0 Å². The van der Waals surface area contributed by atoms with Gasteiger partial charge >= 0.3 is 0 Å². The van der Waals surface area contributed by atoms with E-state index in [2.05, 4.69) is 20.6 Å². The Morgan fingerprint density at radius 3 is 2.81 bits per heavy atom. The minimum Gasteiger partial charge on any atom is -0.454 e. The summed E-state index contributed by atoms with van der Waals surface area (Å²) in [6.07, 6.45) is 1.58. The van der Waals surface area contributed by atoms with Crippen LogP contribution in [0.15, 0.2) is 47.8 Å². The van der Waals surface area contributed by atoms with Crippen molar-refractivity contribution in [3.63, 3.8) is 0 Å². The van der Waals surface area contributed by atoms with Crippen LogP contribution in [0.5, 0.6) is 11.5 Å². The van der Waals surface area contributed by atoms with Crippen LogP contribution in [0.2, 0.25) is 0 Å². The van der Waals surface area contributed by atoms with E-state index in [-0.39, 0.29) is 25.1 Å². The largest absolute Gasteiger partial charge is 0.454 e. The summed E-state index contributed by atoms with van der Waals surface area (Å²) in [7, 11) is 0. The van der Waals surface area contributed by atoms with E-state index in [0.29, 0.717) is 29.4 Å². The van der Waals surface area contributed by atoms with Gasteiger partial charge in [0.15, 0.2) is 29.8 Å². The smallest absolute Gasteiger partial charge is 0.261 e. The molecular formula is C21H22N6O4. The number of benzene rings is 1. The maximum Gasteiger partial charge on any atom is 0.261 e. The molecule has 10 heteroatoms. The van der Waals surface area contributed by atoms with Gasteiger partial charge in [0.2, 0.25) is 6.79 Å². The molecule has 3 aromatic rings. The van der Waals surface area contributed by atoms with Crippen LogP contribution in [0.4, 0.5) is 0 Å². The van der Waals surface area contributed by atoms with Gasteiger partial charge in [-0.2, -0.15) is 5.10 Å². The van der Waals surface area contributed by atoms with Crippen molar-refractivity contribution in [1.82, 2.24) is 20.1 Å². The molecule has 160 valence electrons. The van der Waals surface area contributed by atoms with Gasteiger partial charge in [-0.25, -0.2) is 9.67 Å². The number of rotatable bonds is 7. The standard InChI is InChI=1S/C21H22N6O4/c1-13-7-14(2)27(25-13)19-6-4-16(10-23-19)21(22)26-31-11-20(28)24-9-15-3-5-17-18(8-15)30-12-29-17/h3-8,10H,9,11-12H2,1-2H3,(H2,22,26)(H,24,28). The highest BCUT2D eigenvalue weighted by atomic mass is 16.7. The predicted octanol–water partition coefficient (Wildman–Crippen LogP) is 1.57. The lowest BCUT2D eigenvalue weighted by molar-refractivity contribution is -0.125. The molecular weight excluding hydrogens is 400 g/mol. The molecule has 0 unspecified atom stereocenters. The van der Waals surface area contributed by atoms with Crippen molar-refractivity contribution >= 4 is 11.7 Å². The summed E-state index contributed by atoms with van der Waals surface area (Å²) in [5, 5.41) is 10.9. The van der Waals surface area contributed by atoms with Gasteiger partial charge in [-0.15, -0.1) is 0 Å². The molecule has 31 heavy (non-hydrogen) atoms. The molecule has 0 saturated carbocycles. The average molecular weight is 422 g/mol.